The molecule has 0 fully saturated rings. The number of hydrogen-bond acceptors (Lipinski definition) is 4. The third-order valence-corrected chi connectivity index (χ3v) is 3.03. The first-order valence-corrected chi connectivity index (χ1v) is 6.31. The van der Waals surface area contributed by atoms with Crippen molar-refractivity contribution in [3.05, 3.63) is 53.6 Å². The van der Waals surface area contributed by atoms with Gasteiger partial charge in [-0.3, -0.25) is 0 Å². The predicted octanol–water partition coefficient (Wildman–Crippen LogP) is 3.47. The minimum atomic E-state index is 0.0311. The summed E-state index contributed by atoms with van der Waals surface area (Å²) < 4.78 is 10.3. The number of hydrogen-bond donors (Lipinski definition) is 1. The van der Waals surface area contributed by atoms with Gasteiger partial charge in [-0.2, -0.15) is 5.26 Å². The minimum Gasteiger partial charge on any atom is -0.504 e. The van der Waals surface area contributed by atoms with Crippen molar-refractivity contribution < 1.29 is 14.6 Å². The number of ether oxygens (including phenoxy) is 2. The van der Waals surface area contributed by atoms with E-state index in [1.807, 2.05) is 18.2 Å². The van der Waals surface area contributed by atoms with E-state index < -0.39 is 0 Å². The van der Waals surface area contributed by atoms with Gasteiger partial charge in [0.2, 0.25) is 0 Å². The Hall–Kier alpha value is -2.93. The molecule has 0 atom stereocenters. The molecule has 106 valence electrons. The summed E-state index contributed by atoms with van der Waals surface area (Å²) in [7, 11) is 3.05. The zero-order valence-corrected chi connectivity index (χ0v) is 11.8. The van der Waals surface area contributed by atoms with Crippen LogP contribution in [0, 0.1) is 11.3 Å². The van der Waals surface area contributed by atoms with Crippen molar-refractivity contribution in [2.24, 2.45) is 0 Å². The van der Waals surface area contributed by atoms with E-state index in [9.17, 15) is 10.4 Å². The Morgan fingerprint density at radius 3 is 2.43 bits per heavy atom. The minimum absolute atomic E-state index is 0.0311. The van der Waals surface area contributed by atoms with Crippen LogP contribution in [-0.2, 0) is 0 Å². The van der Waals surface area contributed by atoms with Crippen molar-refractivity contribution in [1.82, 2.24) is 0 Å². The van der Waals surface area contributed by atoms with E-state index in [4.69, 9.17) is 9.47 Å². The summed E-state index contributed by atoms with van der Waals surface area (Å²) in [5.41, 5.74) is 1.87. The van der Waals surface area contributed by atoms with Gasteiger partial charge >= 0.3 is 0 Å². The molecule has 21 heavy (non-hydrogen) atoms. The SMILES string of the molecule is COc1ccc(/C=C(/C#N)c2ccccc2OC)cc1O. The van der Waals surface area contributed by atoms with Crippen LogP contribution in [-0.4, -0.2) is 19.3 Å². The lowest BCUT2D eigenvalue weighted by Crippen LogP contribution is -1.90. The van der Waals surface area contributed by atoms with Gasteiger partial charge in [0, 0.05) is 5.56 Å². The Morgan fingerprint density at radius 1 is 1.10 bits per heavy atom. The Balaban J connectivity index is 2.46. The Kier molecular flexibility index (Phi) is 4.47. The highest BCUT2D eigenvalue weighted by Gasteiger charge is 2.08. The predicted molar refractivity (Wildman–Crippen MR) is 81.1 cm³/mol. The van der Waals surface area contributed by atoms with Crippen LogP contribution in [0.3, 0.4) is 0 Å². The number of allylic oxidation sites excluding steroid dienone is 1. The van der Waals surface area contributed by atoms with Crippen LogP contribution < -0.4 is 9.47 Å². The Labute approximate surface area is 123 Å². The fourth-order valence-electron chi connectivity index (χ4n) is 2.00. The van der Waals surface area contributed by atoms with Gasteiger partial charge in [-0.25, -0.2) is 0 Å². The lowest BCUT2D eigenvalue weighted by atomic mass is 10.0. The number of benzene rings is 2. The van der Waals surface area contributed by atoms with E-state index in [2.05, 4.69) is 6.07 Å². The second kappa shape index (κ2) is 6.49. The summed E-state index contributed by atoms with van der Waals surface area (Å²) >= 11 is 0. The summed E-state index contributed by atoms with van der Waals surface area (Å²) in [6.07, 6.45) is 1.69. The monoisotopic (exact) mass is 281 g/mol. The lowest BCUT2D eigenvalue weighted by molar-refractivity contribution is 0.373. The van der Waals surface area contributed by atoms with Gasteiger partial charge in [0.15, 0.2) is 11.5 Å². The maximum Gasteiger partial charge on any atom is 0.160 e. The first-order chi connectivity index (χ1) is 10.2. The fraction of sp³-hybridized carbons (Fsp3) is 0.118. The standard InChI is InChI=1S/C17H15NO3/c1-20-16-6-4-3-5-14(16)13(11-18)9-12-7-8-17(21-2)15(19)10-12/h3-10,19H,1-2H3/b13-9-. The second-order valence-electron chi connectivity index (χ2n) is 4.30. The highest BCUT2D eigenvalue weighted by atomic mass is 16.5. The molecular weight excluding hydrogens is 266 g/mol. The van der Waals surface area contributed by atoms with Gasteiger partial charge in [-0.1, -0.05) is 18.2 Å². The first kappa shape index (κ1) is 14.5. The summed E-state index contributed by atoms with van der Waals surface area (Å²) in [4.78, 5) is 0. The number of nitriles is 1. The molecule has 2 rings (SSSR count). The summed E-state index contributed by atoms with van der Waals surface area (Å²) in [6.45, 7) is 0. The molecule has 0 bridgehead atoms. The Bertz CT molecular complexity index is 714. The van der Waals surface area contributed by atoms with Crippen molar-refractivity contribution in [2.75, 3.05) is 14.2 Å². The van der Waals surface area contributed by atoms with Gasteiger partial charge in [-0.05, 0) is 35.9 Å². The quantitative estimate of drug-likeness (QED) is 0.688. The van der Waals surface area contributed by atoms with Crippen LogP contribution in [0.4, 0.5) is 0 Å². The molecule has 2 aromatic carbocycles. The van der Waals surface area contributed by atoms with E-state index in [1.165, 1.54) is 7.11 Å². The molecule has 2 aromatic rings. The molecule has 0 aliphatic carbocycles. The largest absolute Gasteiger partial charge is 0.504 e. The summed E-state index contributed by atoms with van der Waals surface area (Å²) in [5, 5.41) is 19.2. The van der Waals surface area contributed by atoms with Gasteiger partial charge in [0.05, 0.1) is 25.9 Å². The molecule has 0 aliphatic heterocycles. The van der Waals surface area contributed by atoms with E-state index >= 15 is 0 Å². The van der Waals surface area contributed by atoms with Crippen LogP contribution in [0.5, 0.6) is 17.2 Å². The van der Waals surface area contributed by atoms with Crippen molar-refractivity contribution >= 4 is 11.6 Å². The molecule has 0 heterocycles. The highest BCUT2D eigenvalue weighted by Crippen LogP contribution is 2.30. The zero-order valence-electron chi connectivity index (χ0n) is 11.8. The fourth-order valence-corrected chi connectivity index (χ4v) is 2.00. The number of para-hydroxylation sites is 1. The van der Waals surface area contributed by atoms with E-state index in [0.717, 1.165) is 0 Å². The molecule has 4 nitrogen and oxygen atoms in total. The molecule has 0 spiro atoms. The second-order valence-corrected chi connectivity index (χ2v) is 4.30. The topological polar surface area (TPSA) is 62.5 Å². The van der Waals surface area contributed by atoms with Crippen molar-refractivity contribution in [1.29, 1.82) is 5.26 Å². The van der Waals surface area contributed by atoms with Crippen LogP contribution in [0.1, 0.15) is 11.1 Å². The molecule has 0 radical (unpaired) electrons. The van der Waals surface area contributed by atoms with Crippen molar-refractivity contribution in [3.63, 3.8) is 0 Å². The summed E-state index contributed by atoms with van der Waals surface area (Å²) in [5.74, 6) is 1.05. The molecule has 0 unspecified atom stereocenters. The molecule has 0 aliphatic rings. The number of phenols is 1. The normalized spacial score (nSPS) is 10.8. The molecule has 0 amide bonds. The van der Waals surface area contributed by atoms with Gasteiger partial charge in [0.25, 0.3) is 0 Å². The molecular formula is C17H15NO3. The number of methoxy groups -OCH3 is 2. The molecule has 0 saturated carbocycles. The van der Waals surface area contributed by atoms with Crippen molar-refractivity contribution in [3.8, 4) is 23.3 Å². The summed E-state index contributed by atoms with van der Waals surface area (Å²) in [6, 6.07) is 14.4. The number of aromatic hydroxyl groups is 1. The van der Waals surface area contributed by atoms with Crippen LogP contribution in [0.15, 0.2) is 42.5 Å². The molecule has 1 N–H and O–H groups in total. The third kappa shape index (κ3) is 3.15. The molecule has 0 saturated heterocycles. The van der Waals surface area contributed by atoms with Crippen LogP contribution >= 0.6 is 0 Å². The third-order valence-electron chi connectivity index (χ3n) is 3.03. The molecule has 4 heteroatoms. The van der Waals surface area contributed by atoms with Gasteiger partial charge in [0.1, 0.15) is 5.75 Å². The van der Waals surface area contributed by atoms with Gasteiger partial charge < -0.3 is 14.6 Å². The Morgan fingerprint density at radius 2 is 1.81 bits per heavy atom. The van der Waals surface area contributed by atoms with Crippen LogP contribution in [0.2, 0.25) is 0 Å². The maximum absolute atomic E-state index is 9.79. The highest BCUT2D eigenvalue weighted by molar-refractivity contribution is 5.91. The van der Waals surface area contributed by atoms with E-state index in [1.54, 1.807) is 37.5 Å². The van der Waals surface area contributed by atoms with Gasteiger partial charge in [-0.15, -0.1) is 0 Å². The maximum atomic E-state index is 9.79. The van der Waals surface area contributed by atoms with Crippen molar-refractivity contribution in [2.45, 2.75) is 0 Å². The lowest BCUT2D eigenvalue weighted by Gasteiger charge is -2.07. The molecule has 0 aromatic heterocycles. The van der Waals surface area contributed by atoms with Crippen LogP contribution in [0.25, 0.3) is 11.6 Å². The number of rotatable bonds is 4. The number of phenolic OH excluding ortho intramolecular Hbond substituents is 1. The zero-order chi connectivity index (χ0) is 15.2. The first-order valence-electron chi connectivity index (χ1n) is 6.31. The average Bonchev–Trinajstić information content (AvgIpc) is 2.52. The smallest absolute Gasteiger partial charge is 0.160 e. The number of nitrogens with zero attached hydrogens (tertiary/aromatic N) is 1. The van der Waals surface area contributed by atoms with E-state index in [0.29, 0.717) is 28.2 Å². The van der Waals surface area contributed by atoms with E-state index in [-0.39, 0.29) is 5.75 Å². The average molecular weight is 281 g/mol.